The number of hydrogen-bond acceptors (Lipinski definition) is 3. The highest BCUT2D eigenvalue weighted by Crippen LogP contribution is 2.25. The predicted octanol–water partition coefficient (Wildman–Crippen LogP) is 4.14. The number of amides is 1. The quantitative estimate of drug-likeness (QED) is 0.519. The summed E-state index contributed by atoms with van der Waals surface area (Å²) < 4.78 is 5.30. The van der Waals surface area contributed by atoms with Crippen molar-refractivity contribution in [2.45, 2.75) is 38.6 Å². The van der Waals surface area contributed by atoms with Crippen molar-refractivity contribution in [1.82, 2.24) is 0 Å². The van der Waals surface area contributed by atoms with Crippen LogP contribution in [-0.2, 0) is 11.3 Å². The number of carbonyl (C=O) groups is 1. The molecule has 4 N–H and O–H groups in total. The Morgan fingerprint density at radius 1 is 1.11 bits per heavy atom. The lowest BCUT2D eigenvalue weighted by molar-refractivity contribution is -0.120. The van der Waals surface area contributed by atoms with E-state index in [-0.39, 0.29) is 11.8 Å². The number of para-hydroxylation sites is 2. The maximum atomic E-state index is 12.4. The van der Waals surface area contributed by atoms with Crippen molar-refractivity contribution >= 4 is 23.2 Å². The van der Waals surface area contributed by atoms with Crippen molar-refractivity contribution in [3.63, 3.8) is 0 Å². The predicted molar refractivity (Wildman–Crippen MR) is 114 cm³/mol. The fourth-order valence-electron chi connectivity index (χ4n) is 3.46. The van der Waals surface area contributed by atoms with Crippen molar-refractivity contribution in [2.75, 3.05) is 17.7 Å². The molecule has 1 aliphatic rings. The molecule has 3 rings (SSSR count). The minimum absolute atomic E-state index is 0.123. The van der Waals surface area contributed by atoms with Crippen LogP contribution in [0.3, 0.4) is 0 Å². The Balaban J connectivity index is 1.59. The molecule has 0 aliphatic heterocycles. The molecule has 28 heavy (non-hydrogen) atoms. The second-order valence-corrected chi connectivity index (χ2v) is 7.05. The lowest BCUT2D eigenvalue weighted by Gasteiger charge is -2.20. The van der Waals surface area contributed by atoms with Gasteiger partial charge in [0.25, 0.3) is 0 Å². The lowest BCUT2D eigenvalue weighted by atomic mass is 9.88. The van der Waals surface area contributed by atoms with E-state index in [0.717, 1.165) is 42.6 Å². The number of nitrogens with two attached hydrogens (primary N) is 1. The molecule has 1 aliphatic carbocycles. The maximum Gasteiger partial charge on any atom is 0.227 e. The van der Waals surface area contributed by atoms with Crippen molar-refractivity contribution in [2.24, 2.45) is 16.6 Å². The van der Waals surface area contributed by atoms with E-state index >= 15 is 0 Å². The summed E-state index contributed by atoms with van der Waals surface area (Å²) in [5.41, 5.74) is 8.55. The zero-order valence-electron chi connectivity index (χ0n) is 16.3. The summed E-state index contributed by atoms with van der Waals surface area (Å²) >= 11 is 0. The second kappa shape index (κ2) is 9.78. The molecule has 1 fully saturated rings. The summed E-state index contributed by atoms with van der Waals surface area (Å²) in [5.74, 6) is 1.27. The number of aliphatic imine (C=N–C) groups is 1. The molecule has 148 valence electrons. The molecule has 6 nitrogen and oxygen atoms in total. The summed E-state index contributed by atoms with van der Waals surface area (Å²) in [6.07, 6.45) is 5.50. The van der Waals surface area contributed by atoms with Crippen LogP contribution in [0.25, 0.3) is 0 Å². The average molecular weight is 380 g/mol. The van der Waals surface area contributed by atoms with Gasteiger partial charge in [-0.3, -0.25) is 4.79 Å². The molecule has 2 aromatic rings. The van der Waals surface area contributed by atoms with Gasteiger partial charge in [0.05, 0.1) is 19.3 Å². The molecule has 0 radical (unpaired) electrons. The van der Waals surface area contributed by atoms with E-state index in [4.69, 9.17) is 10.5 Å². The van der Waals surface area contributed by atoms with Crippen LogP contribution in [0.15, 0.2) is 53.5 Å². The summed E-state index contributed by atoms with van der Waals surface area (Å²) in [5, 5.41) is 6.10. The molecule has 0 atom stereocenters. The number of rotatable bonds is 6. The van der Waals surface area contributed by atoms with Gasteiger partial charge in [0.15, 0.2) is 5.96 Å². The third kappa shape index (κ3) is 5.49. The summed E-state index contributed by atoms with van der Waals surface area (Å²) in [7, 11) is 1.61. The topological polar surface area (TPSA) is 88.7 Å². The molecule has 0 saturated heterocycles. The minimum atomic E-state index is 0.123. The molecule has 0 unspecified atom stereocenters. The summed E-state index contributed by atoms with van der Waals surface area (Å²) in [6.45, 7) is 0.418. The first-order valence-corrected chi connectivity index (χ1v) is 9.75. The van der Waals surface area contributed by atoms with E-state index in [1.165, 1.54) is 6.42 Å². The molecular formula is C22H28N4O2. The number of anilines is 2. The zero-order valence-corrected chi connectivity index (χ0v) is 16.3. The number of benzene rings is 2. The van der Waals surface area contributed by atoms with E-state index < -0.39 is 0 Å². The number of nitrogens with zero attached hydrogens (tertiary/aromatic N) is 1. The van der Waals surface area contributed by atoms with Crippen LogP contribution in [-0.4, -0.2) is 19.0 Å². The molecule has 6 heteroatoms. The first-order valence-electron chi connectivity index (χ1n) is 9.75. The summed E-state index contributed by atoms with van der Waals surface area (Å²) in [4.78, 5) is 16.8. The Hall–Kier alpha value is -3.02. The molecule has 0 spiro atoms. The molecule has 1 saturated carbocycles. The number of ether oxygens (including phenoxy) is 1. The van der Waals surface area contributed by atoms with Crippen LogP contribution in [0, 0.1) is 5.92 Å². The normalized spacial score (nSPS) is 15.1. The Kier molecular flexibility index (Phi) is 6.89. The number of hydrogen-bond donors (Lipinski definition) is 3. The fourth-order valence-corrected chi connectivity index (χ4v) is 3.46. The SMILES string of the molecule is COc1ccccc1NC(N)=NCc1cccc(NC(=O)C2CCCCC2)c1. The molecule has 1 amide bonds. The number of guanidine groups is 1. The number of methoxy groups -OCH3 is 1. The van der Waals surface area contributed by atoms with Crippen molar-refractivity contribution in [1.29, 1.82) is 0 Å². The van der Waals surface area contributed by atoms with Crippen LogP contribution >= 0.6 is 0 Å². The first-order chi connectivity index (χ1) is 13.7. The Morgan fingerprint density at radius 2 is 1.89 bits per heavy atom. The number of carbonyl (C=O) groups excluding carboxylic acids is 1. The van der Waals surface area contributed by atoms with Crippen LogP contribution < -0.4 is 21.1 Å². The van der Waals surface area contributed by atoms with Gasteiger partial charge in [-0.25, -0.2) is 4.99 Å². The minimum Gasteiger partial charge on any atom is -0.495 e. The average Bonchev–Trinajstić information content (AvgIpc) is 2.73. The van der Waals surface area contributed by atoms with E-state index in [0.29, 0.717) is 18.3 Å². The maximum absolute atomic E-state index is 12.4. The Bertz CT molecular complexity index is 829. The number of nitrogens with one attached hydrogen (secondary N) is 2. The van der Waals surface area contributed by atoms with Crippen LogP contribution in [0.2, 0.25) is 0 Å². The van der Waals surface area contributed by atoms with Crippen molar-refractivity contribution < 1.29 is 9.53 Å². The zero-order chi connectivity index (χ0) is 19.8. The van der Waals surface area contributed by atoms with Gasteiger partial charge in [0.1, 0.15) is 5.75 Å². The van der Waals surface area contributed by atoms with Gasteiger partial charge in [-0.1, -0.05) is 43.5 Å². The van der Waals surface area contributed by atoms with E-state index in [1.54, 1.807) is 7.11 Å². The molecule has 2 aromatic carbocycles. The monoisotopic (exact) mass is 380 g/mol. The van der Waals surface area contributed by atoms with E-state index in [9.17, 15) is 4.79 Å². The van der Waals surface area contributed by atoms with Crippen molar-refractivity contribution in [3.8, 4) is 5.75 Å². The largest absolute Gasteiger partial charge is 0.495 e. The van der Waals surface area contributed by atoms with Gasteiger partial charge in [-0.15, -0.1) is 0 Å². The van der Waals surface area contributed by atoms with Crippen molar-refractivity contribution in [3.05, 3.63) is 54.1 Å². The Morgan fingerprint density at radius 3 is 2.68 bits per heavy atom. The second-order valence-electron chi connectivity index (χ2n) is 7.05. The third-order valence-corrected chi connectivity index (χ3v) is 4.97. The van der Waals surface area contributed by atoms with Crippen LogP contribution in [0.4, 0.5) is 11.4 Å². The van der Waals surface area contributed by atoms with Gasteiger partial charge in [0, 0.05) is 11.6 Å². The molecular weight excluding hydrogens is 352 g/mol. The smallest absolute Gasteiger partial charge is 0.227 e. The highest BCUT2D eigenvalue weighted by Gasteiger charge is 2.20. The van der Waals surface area contributed by atoms with Crippen LogP contribution in [0.1, 0.15) is 37.7 Å². The highest BCUT2D eigenvalue weighted by molar-refractivity contribution is 5.94. The highest BCUT2D eigenvalue weighted by atomic mass is 16.5. The van der Waals surface area contributed by atoms with E-state index in [2.05, 4.69) is 15.6 Å². The van der Waals surface area contributed by atoms with Gasteiger partial charge in [-0.2, -0.15) is 0 Å². The standard InChI is InChI=1S/C22H28N4O2/c1-28-20-13-6-5-12-19(20)26-22(23)24-15-16-8-7-11-18(14-16)25-21(27)17-9-3-2-4-10-17/h5-8,11-14,17H,2-4,9-10,15H2,1H3,(H,25,27)(H3,23,24,26). The Labute approximate surface area is 166 Å². The lowest BCUT2D eigenvalue weighted by Crippen LogP contribution is -2.24. The fraction of sp³-hybridized carbons (Fsp3) is 0.364. The molecule has 0 heterocycles. The third-order valence-electron chi connectivity index (χ3n) is 4.97. The molecule has 0 aromatic heterocycles. The van der Waals surface area contributed by atoms with E-state index in [1.807, 2.05) is 48.5 Å². The summed E-state index contributed by atoms with van der Waals surface area (Å²) in [6, 6.07) is 15.3. The van der Waals surface area contributed by atoms with Gasteiger partial charge >= 0.3 is 0 Å². The van der Waals surface area contributed by atoms with Gasteiger partial charge in [-0.05, 0) is 42.7 Å². The van der Waals surface area contributed by atoms with Crippen LogP contribution in [0.5, 0.6) is 5.75 Å². The first kappa shape index (κ1) is 19.7. The molecule has 0 bridgehead atoms. The van der Waals surface area contributed by atoms with Gasteiger partial charge < -0.3 is 21.1 Å². The van der Waals surface area contributed by atoms with Gasteiger partial charge in [0.2, 0.25) is 5.91 Å².